The van der Waals surface area contributed by atoms with Crippen molar-refractivity contribution in [2.75, 3.05) is 6.61 Å². The first-order valence-corrected chi connectivity index (χ1v) is 12.0. The summed E-state index contributed by atoms with van der Waals surface area (Å²) in [4.78, 5) is 28.6. The van der Waals surface area contributed by atoms with Crippen molar-refractivity contribution in [3.63, 3.8) is 0 Å². The van der Waals surface area contributed by atoms with Crippen molar-refractivity contribution in [1.29, 1.82) is 0 Å². The number of H-pyrrole nitrogens is 1. The first-order chi connectivity index (χ1) is 16.4. The molecule has 0 atom stereocenters. The first-order valence-electron chi connectivity index (χ1n) is 10.8. The number of fused-ring (bicyclic) bond motifs is 2. The fraction of sp³-hybridized carbons (Fsp3) is 0.111. The summed E-state index contributed by atoms with van der Waals surface area (Å²) in [7, 11) is 0. The summed E-state index contributed by atoms with van der Waals surface area (Å²) >= 11 is 8.05. The highest BCUT2D eigenvalue weighted by molar-refractivity contribution is 7.22. The van der Waals surface area contributed by atoms with E-state index in [2.05, 4.69) is 4.98 Å². The molecule has 0 fully saturated rings. The highest BCUT2D eigenvalue weighted by Crippen LogP contribution is 2.41. The van der Waals surface area contributed by atoms with Crippen LogP contribution >= 0.6 is 22.9 Å². The van der Waals surface area contributed by atoms with Crippen LogP contribution in [0.4, 0.5) is 0 Å². The smallest absolute Gasteiger partial charge is 0.310 e. The Balaban J connectivity index is 1.59. The number of benzene rings is 3. The highest BCUT2D eigenvalue weighted by atomic mass is 35.5. The molecule has 0 bridgehead atoms. The van der Waals surface area contributed by atoms with Crippen LogP contribution in [0.3, 0.4) is 0 Å². The summed E-state index contributed by atoms with van der Waals surface area (Å²) in [5.74, 6) is -0.0688. The zero-order chi connectivity index (χ0) is 23.8. The number of hydrogen-bond acceptors (Lipinski definition) is 5. The standard InChI is InChI=1S/C27H20ClNO4S/c1-2-33-25(31)10-15-5-3-6-16(9-15)19-11-18-12-20(21(28)14-22(18)29-27(19)32)24-13-17-7-4-8-23(30)26(17)34-24/h3-9,11-14,30H,2,10H2,1H3,(H,29,32). The molecular formula is C27H20ClNO4S. The number of nitrogens with one attached hydrogen (secondary N) is 1. The number of pyridine rings is 1. The molecule has 5 aromatic rings. The molecule has 7 heteroatoms. The monoisotopic (exact) mass is 489 g/mol. The summed E-state index contributed by atoms with van der Waals surface area (Å²) in [5.41, 5.74) is 3.21. The fourth-order valence-corrected chi connectivity index (χ4v) is 5.46. The third-order valence-corrected chi connectivity index (χ3v) is 7.13. The lowest BCUT2D eigenvalue weighted by molar-refractivity contribution is -0.142. The molecule has 5 rings (SSSR count). The van der Waals surface area contributed by atoms with Crippen molar-refractivity contribution in [2.24, 2.45) is 0 Å². The van der Waals surface area contributed by atoms with Crippen LogP contribution in [0.15, 0.2) is 71.5 Å². The van der Waals surface area contributed by atoms with Crippen molar-refractivity contribution in [3.05, 3.63) is 87.7 Å². The van der Waals surface area contributed by atoms with Crippen LogP contribution in [0.5, 0.6) is 5.75 Å². The van der Waals surface area contributed by atoms with Crippen LogP contribution in [0.1, 0.15) is 12.5 Å². The average Bonchev–Trinajstić information content (AvgIpc) is 3.24. The zero-order valence-corrected chi connectivity index (χ0v) is 19.8. The Morgan fingerprint density at radius 3 is 2.62 bits per heavy atom. The van der Waals surface area contributed by atoms with Gasteiger partial charge in [0.25, 0.3) is 5.56 Å². The van der Waals surface area contributed by atoms with Gasteiger partial charge in [-0.25, -0.2) is 0 Å². The van der Waals surface area contributed by atoms with Gasteiger partial charge in [0.1, 0.15) is 5.75 Å². The van der Waals surface area contributed by atoms with Gasteiger partial charge in [0.15, 0.2) is 0 Å². The van der Waals surface area contributed by atoms with E-state index >= 15 is 0 Å². The molecule has 0 saturated carbocycles. The normalized spacial score (nSPS) is 11.2. The number of rotatable bonds is 5. The molecule has 3 aromatic carbocycles. The number of carbonyl (C=O) groups is 1. The van der Waals surface area contributed by atoms with E-state index in [0.29, 0.717) is 28.3 Å². The number of aromatic nitrogens is 1. The lowest BCUT2D eigenvalue weighted by Crippen LogP contribution is -2.10. The molecule has 0 amide bonds. The van der Waals surface area contributed by atoms with Crippen LogP contribution in [0.25, 0.3) is 42.6 Å². The van der Waals surface area contributed by atoms with Crippen molar-refractivity contribution < 1.29 is 14.6 Å². The van der Waals surface area contributed by atoms with Crippen molar-refractivity contribution >= 4 is 49.9 Å². The van der Waals surface area contributed by atoms with Gasteiger partial charge in [0, 0.05) is 21.5 Å². The van der Waals surface area contributed by atoms with Gasteiger partial charge in [-0.2, -0.15) is 0 Å². The van der Waals surface area contributed by atoms with Crippen LogP contribution in [-0.2, 0) is 16.0 Å². The number of esters is 1. The van der Waals surface area contributed by atoms with E-state index in [1.54, 1.807) is 19.1 Å². The maximum atomic E-state index is 12.9. The predicted molar refractivity (Wildman–Crippen MR) is 138 cm³/mol. The summed E-state index contributed by atoms with van der Waals surface area (Å²) in [5, 5.41) is 12.5. The van der Waals surface area contributed by atoms with Gasteiger partial charge >= 0.3 is 5.97 Å². The number of aromatic hydroxyl groups is 1. The molecule has 5 nitrogen and oxygen atoms in total. The van der Waals surface area contributed by atoms with E-state index in [1.807, 2.05) is 54.6 Å². The van der Waals surface area contributed by atoms with Gasteiger partial charge < -0.3 is 14.8 Å². The lowest BCUT2D eigenvalue weighted by atomic mass is 10.0. The van der Waals surface area contributed by atoms with Crippen LogP contribution < -0.4 is 5.56 Å². The van der Waals surface area contributed by atoms with Crippen molar-refractivity contribution in [1.82, 2.24) is 4.98 Å². The summed E-state index contributed by atoms with van der Waals surface area (Å²) in [6, 6.07) is 20.3. The number of thiophene rings is 1. The minimum absolute atomic E-state index is 0.145. The van der Waals surface area contributed by atoms with E-state index in [9.17, 15) is 14.7 Å². The number of phenolic OH excluding ortho intramolecular Hbond substituents is 1. The van der Waals surface area contributed by atoms with Crippen molar-refractivity contribution in [2.45, 2.75) is 13.3 Å². The van der Waals surface area contributed by atoms with E-state index in [-0.39, 0.29) is 23.7 Å². The molecule has 2 N–H and O–H groups in total. The minimum Gasteiger partial charge on any atom is -0.506 e. The van der Waals surface area contributed by atoms with Crippen LogP contribution in [0.2, 0.25) is 5.02 Å². The third-order valence-electron chi connectivity index (χ3n) is 5.61. The Kier molecular flexibility index (Phi) is 5.86. The number of phenols is 1. The lowest BCUT2D eigenvalue weighted by Gasteiger charge is -2.09. The minimum atomic E-state index is -0.305. The van der Waals surface area contributed by atoms with E-state index in [1.165, 1.54) is 11.3 Å². The second-order valence-corrected chi connectivity index (χ2v) is 9.38. The van der Waals surface area contributed by atoms with Crippen LogP contribution in [0, 0.1) is 0 Å². The van der Waals surface area contributed by atoms with Gasteiger partial charge in [0.05, 0.1) is 22.8 Å². The molecule has 2 aromatic heterocycles. The molecule has 0 saturated heterocycles. The number of hydrogen-bond donors (Lipinski definition) is 2. The Morgan fingerprint density at radius 2 is 1.82 bits per heavy atom. The van der Waals surface area contributed by atoms with Gasteiger partial charge in [-0.15, -0.1) is 11.3 Å². The number of carbonyl (C=O) groups excluding carboxylic acids is 1. The molecule has 0 spiro atoms. The fourth-order valence-electron chi connectivity index (χ4n) is 4.04. The zero-order valence-electron chi connectivity index (χ0n) is 18.2. The Morgan fingerprint density at radius 1 is 1.03 bits per heavy atom. The summed E-state index contributed by atoms with van der Waals surface area (Å²) in [6.07, 6.45) is 0.145. The quantitative estimate of drug-likeness (QED) is 0.275. The van der Waals surface area contributed by atoms with E-state index < -0.39 is 0 Å². The molecule has 170 valence electrons. The number of aromatic amines is 1. The second kappa shape index (κ2) is 8.97. The van der Waals surface area contributed by atoms with Gasteiger partial charge in [-0.05, 0) is 59.2 Å². The maximum absolute atomic E-state index is 12.9. The molecule has 0 aliphatic heterocycles. The predicted octanol–water partition coefficient (Wildman–Crippen LogP) is 6.54. The number of halogens is 1. The topological polar surface area (TPSA) is 79.4 Å². The van der Waals surface area contributed by atoms with E-state index in [4.69, 9.17) is 16.3 Å². The van der Waals surface area contributed by atoms with Gasteiger partial charge in [-0.3, -0.25) is 9.59 Å². The summed E-state index contributed by atoms with van der Waals surface area (Å²) < 4.78 is 5.83. The van der Waals surface area contributed by atoms with Crippen LogP contribution in [-0.4, -0.2) is 22.7 Å². The second-order valence-electron chi connectivity index (χ2n) is 7.92. The molecule has 2 heterocycles. The van der Waals surface area contributed by atoms with Crippen molar-refractivity contribution in [3.8, 4) is 27.3 Å². The largest absolute Gasteiger partial charge is 0.506 e. The molecular weight excluding hydrogens is 470 g/mol. The Hall–Kier alpha value is -3.61. The Labute approximate surface area is 204 Å². The highest BCUT2D eigenvalue weighted by Gasteiger charge is 2.14. The molecule has 34 heavy (non-hydrogen) atoms. The Bertz CT molecular complexity index is 1620. The average molecular weight is 490 g/mol. The third kappa shape index (κ3) is 4.18. The van der Waals surface area contributed by atoms with E-state index in [0.717, 1.165) is 31.5 Å². The number of ether oxygens (including phenoxy) is 1. The maximum Gasteiger partial charge on any atom is 0.310 e. The molecule has 0 radical (unpaired) electrons. The molecule has 0 aliphatic rings. The SMILES string of the molecule is CCOC(=O)Cc1cccc(-c2cc3cc(-c4cc5cccc(O)c5s4)c(Cl)cc3[nH]c2=O)c1. The summed E-state index contributed by atoms with van der Waals surface area (Å²) in [6.45, 7) is 2.10. The van der Waals surface area contributed by atoms with Gasteiger partial charge in [0.2, 0.25) is 0 Å². The molecule has 0 aliphatic carbocycles. The van der Waals surface area contributed by atoms with Gasteiger partial charge in [-0.1, -0.05) is 48.0 Å². The molecule has 0 unspecified atom stereocenters. The first kappa shape index (κ1) is 22.2.